The number of hydrogen-bond acceptors (Lipinski definition) is 4. The number of aromatic nitrogens is 2. The van der Waals surface area contributed by atoms with E-state index in [0.29, 0.717) is 11.4 Å². The van der Waals surface area contributed by atoms with Crippen LogP contribution in [0.2, 0.25) is 5.02 Å². The molecule has 2 aromatic rings. The summed E-state index contributed by atoms with van der Waals surface area (Å²) in [5.41, 5.74) is 1.14. The van der Waals surface area contributed by atoms with Crippen LogP contribution in [0.3, 0.4) is 0 Å². The number of carboxylic acid groups (broad SMARTS) is 1. The van der Waals surface area contributed by atoms with Crippen molar-refractivity contribution in [2.75, 3.05) is 0 Å². The van der Waals surface area contributed by atoms with Gasteiger partial charge in [-0.1, -0.05) is 35.1 Å². The van der Waals surface area contributed by atoms with Crippen LogP contribution in [-0.4, -0.2) is 21.3 Å². The lowest BCUT2D eigenvalue weighted by atomic mass is 10.1. The molecule has 4 nitrogen and oxygen atoms in total. The van der Waals surface area contributed by atoms with Gasteiger partial charge in [0.25, 0.3) is 0 Å². The molecule has 0 spiro atoms. The Hall–Kier alpha value is -1.46. The van der Waals surface area contributed by atoms with Crippen LogP contribution in [0.25, 0.3) is 0 Å². The van der Waals surface area contributed by atoms with E-state index in [0.717, 1.165) is 28.3 Å². The molecule has 0 fully saturated rings. The highest BCUT2D eigenvalue weighted by molar-refractivity contribution is 7.13. The molecular formula is C11H9ClN2O2S. The maximum absolute atomic E-state index is 10.6. The smallest absolute Gasteiger partial charge is 0.367 e. The molecule has 1 N–H and O–H groups in total. The Morgan fingerprint density at radius 3 is 2.53 bits per heavy atom. The molecule has 6 heteroatoms. The molecule has 17 heavy (non-hydrogen) atoms. The Balaban J connectivity index is 1.97. The molecule has 0 aliphatic rings. The van der Waals surface area contributed by atoms with Crippen LogP contribution in [0.15, 0.2) is 24.3 Å². The van der Waals surface area contributed by atoms with Gasteiger partial charge in [0.05, 0.1) is 0 Å². The van der Waals surface area contributed by atoms with Crippen molar-refractivity contribution in [1.82, 2.24) is 10.2 Å². The second-order valence-electron chi connectivity index (χ2n) is 3.43. The summed E-state index contributed by atoms with van der Waals surface area (Å²) < 4.78 is 0. The van der Waals surface area contributed by atoms with Gasteiger partial charge in [0.1, 0.15) is 5.01 Å². The number of carbonyl (C=O) groups is 1. The van der Waals surface area contributed by atoms with E-state index >= 15 is 0 Å². The largest absolute Gasteiger partial charge is 0.476 e. The predicted molar refractivity (Wildman–Crippen MR) is 65.7 cm³/mol. The maximum Gasteiger partial charge on any atom is 0.367 e. The SMILES string of the molecule is O=C(O)c1nnc(CCc2ccc(Cl)cc2)s1. The van der Waals surface area contributed by atoms with Crippen LogP contribution >= 0.6 is 22.9 Å². The average Bonchev–Trinajstić information content (AvgIpc) is 2.77. The molecule has 1 aromatic carbocycles. The Morgan fingerprint density at radius 1 is 1.24 bits per heavy atom. The molecule has 0 saturated carbocycles. The van der Waals surface area contributed by atoms with Crippen molar-refractivity contribution in [3.05, 3.63) is 44.9 Å². The summed E-state index contributed by atoms with van der Waals surface area (Å²) in [4.78, 5) is 10.6. The first-order chi connectivity index (χ1) is 8.15. The molecule has 88 valence electrons. The van der Waals surface area contributed by atoms with Crippen LogP contribution in [0.1, 0.15) is 20.4 Å². The van der Waals surface area contributed by atoms with Gasteiger partial charge in [-0.25, -0.2) is 4.79 Å². The molecule has 0 saturated heterocycles. The molecule has 0 amide bonds. The van der Waals surface area contributed by atoms with Crippen LogP contribution in [0.4, 0.5) is 0 Å². The lowest BCUT2D eigenvalue weighted by molar-refractivity contribution is 0.0695. The minimum absolute atomic E-state index is 0.0381. The highest BCUT2D eigenvalue weighted by Crippen LogP contribution is 2.14. The third kappa shape index (κ3) is 3.25. The first-order valence-corrected chi connectivity index (χ1v) is 6.15. The van der Waals surface area contributed by atoms with Crippen LogP contribution < -0.4 is 0 Å². The van der Waals surface area contributed by atoms with Gasteiger partial charge in [0.2, 0.25) is 5.01 Å². The normalized spacial score (nSPS) is 10.4. The third-order valence-corrected chi connectivity index (χ3v) is 3.41. The lowest BCUT2D eigenvalue weighted by Gasteiger charge is -1.98. The molecule has 0 bridgehead atoms. The molecule has 0 atom stereocenters. The van der Waals surface area contributed by atoms with E-state index in [2.05, 4.69) is 10.2 Å². The summed E-state index contributed by atoms with van der Waals surface area (Å²) >= 11 is 6.90. The van der Waals surface area contributed by atoms with Crippen molar-refractivity contribution in [1.29, 1.82) is 0 Å². The van der Waals surface area contributed by atoms with Gasteiger partial charge in [-0.2, -0.15) is 0 Å². The quantitative estimate of drug-likeness (QED) is 0.926. The first kappa shape index (κ1) is 12.0. The predicted octanol–water partition coefficient (Wildman–Crippen LogP) is 2.67. The monoisotopic (exact) mass is 268 g/mol. The Labute approximate surface area is 107 Å². The van der Waals surface area contributed by atoms with Crippen molar-refractivity contribution in [2.45, 2.75) is 12.8 Å². The fraction of sp³-hybridized carbons (Fsp3) is 0.182. The number of rotatable bonds is 4. The second-order valence-corrected chi connectivity index (χ2v) is 4.93. The number of halogens is 1. The number of hydrogen-bond donors (Lipinski definition) is 1. The highest BCUT2D eigenvalue weighted by Gasteiger charge is 2.10. The maximum atomic E-state index is 10.6. The summed E-state index contributed by atoms with van der Waals surface area (Å²) in [6.07, 6.45) is 1.48. The molecule has 1 aromatic heterocycles. The van der Waals surface area contributed by atoms with Gasteiger partial charge in [-0.15, -0.1) is 10.2 Å². The van der Waals surface area contributed by atoms with Gasteiger partial charge in [0, 0.05) is 11.4 Å². The van der Waals surface area contributed by atoms with Crippen LogP contribution in [0, 0.1) is 0 Å². The molecule has 0 aliphatic heterocycles. The highest BCUT2D eigenvalue weighted by atomic mass is 35.5. The van der Waals surface area contributed by atoms with Crippen molar-refractivity contribution >= 4 is 28.9 Å². The fourth-order valence-electron chi connectivity index (χ4n) is 1.34. The van der Waals surface area contributed by atoms with E-state index in [9.17, 15) is 4.79 Å². The fourth-order valence-corrected chi connectivity index (χ4v) is 2.15. The summed E-state index contributed by atoms with van der Waals surface area (Å²) in [5, 5.41) is 17.6. The number of nitrogens with zero attached hydrogens (tertiary/aromatic N) is 2. The van der Waals surface area contributed by atoms with Gasteiger partial charge >= 0.3 is 5.97 Å². The molecule has 0 aliphatic carbocycles. The molecule has 2 rings (SSSR count). The average molecular weight is 269 g/mol. The zero-order chi connectivity index (χ0) is 12.3. The van der Waals surface area contributed by atoms with Gasteiger partial charge < -0.3 is 5.11 Å². The third-order valence-electron chi connectivity index (χ3n) is 2.19. The van der Waals surface area contributed by atoms with Gasteiger partial charge in [-0.05, 0) is 24.1 Å². The summed E-state index contributed by atoms with van der Waals surface area (Å²) in [7, 11) is 0. The van der Waals surface area contributed by atoms with E-state index in [1.807, 2.05) is 24.3 Å². The Morgan fingerprint density at radius 2 is 1.94 bits per heavy atom. The van der Waals surface area contributed by atoms with Gasteiger partial charge in [-0.3, -0.25) is 0 Å². The number of benzene rings is 1. The van der Waals surface area contributed by atoms with Gasteiger partial charge in [0.15, 0.2) is 0 Å². The Bertz CT molecular complexity index is 525. The zero-order valence-corrected chi connectivity index (χ0v) is 10.3. The molecular weight excluding hydrogens is 260 g/mol. The molecule has 0 radical (unpaired) electrons. The number of carboxylic acids is 1. The van der Waals surface area contributed by atoms with E-state index in [1.165, 1.54) is 0 Å². The lowest BCUT2D eigenvalue weighted by Crippen LogP contribution is -1.93. The molecule has 1 heterocycles. The summed E-state index contributed by atoms with van der Waals surface area (Å²) in [6.45, 7) is 0. The summed E-state index contributed by atoms with van der Waals surface area (Å²) in [5.74, 6) is -1.03. The van der Waals surface area contributed by atoms with E-state index in [-0.39, 0.29) is 5.01 Å². The minimum atomic E-state index is -1.03. The first-order valence-electron chi connectivity index (χ1n) is 4.95. The van der Waals surface area contributed by atoms with E-state index in [4.69, 9.17) is 16.7 Å². The Kier molecular flexibility index (Phi) is 3.71. The minimum Gasteiger partial charge on any atom is -0.476 e. The topological polar surface area (TPSA) is 63.1 Å². The number of aromatic carboxylic acids is 1. The van der Waals surface area contributed by atoms with Crippen molar-refractivity contribution in [2.24, 2.45) is 0 Å². The standard InChI is InChI=1S/C11H9ClN2O2S/c12-8-4-1-7(2-5-8)3-6-9-13-14-10(17-9)11(15)16/h1-2,4-5H,3,6H2,(H,15,16). The van der Waals surface area contributed by atoms with Crippen LogP contribution in [0.5, 0.6) is 0 Å². The summed E-state index contributed by atoms with van der Waals surface area (Å²) in [6, 6.07) is 7.56. The molecule has 0 unspecified atom stereocenters. The zero-order valence-electron chi connectivity index (χ0n) is 8.76. The van der Waals surface area contributed by atoms with E-state index in [1.54, 1.807) is 0 Å². The van der Waals surface area contributed by atoms with Crippen molar-refractivity contribution in [3.8, 4) is 0 Å². The van der Waals surface area contributed by atoms with Crippen molar-refractivity contribution < 1.29 is 9.90 Å². The van der Waals surface area contributed by atoms with Crippen LogP contribution in [-0.2, 0) is 12.8 Å². The second kappa shape index (κ2) is 5.25. The van der Waals surface area contributed by atoms with E-state index < -0.39 is 5.97 Å². The number of aryl methyl sites for hydroxylation is 2. The van der Waals surface area contributed by atoms with Crippen molar-refractivity contribution in [3.63, 3.8) is 0 Å².